The summed E-state index contributed by atoms with van der Waals surface area (Å²) in [5, 5.41) is 9.18. The number of hydrogen-bond acceptors (Lipinski definition) is 6. The summed E-state index contributed by atoms with van der Waals surface area (Å²) in [7, 11) is 1.83. The molecule has 1 amide bonds. The number of nitrogens with one attached hydrogen (secondary N) is 1. The van der Waals surface area contributed by atoms with Crippen molar-refractivity contribution in [2.75, 3.05) is 30.1 Å². The quantitative estimate of drug-likeness (QED) is 0.516. The molecule has 31 heavy (non-hydrogen) atoms. The average molecular weight is 507 g/mol. The number of nitrogens with zero attached hydrogens (tertiary/aromatic N) is 3. The largest absolute Gasteiger partial charge is 0.492 e. The predicted octanol–water partition coefficient (Wildman–Crippen LogP) is 4.37. The second kappa shape index (κ2) is 9.17. The topological polar surface area (TPSA) is 94.6 Å². The second-order valence-electron chi connectivity index (χ2n) is 6.94. The van der Waals surface area contributed by atoms with Gasteiger partial charge in [-0.2, -0.15) is 5.10 Å². The van der Waals surface area contributed by atoms with Crippen molar-refractivity contribution in [1.82, 2.24) is 9.78 Å². The van der Waals surface area contributed by atoms with Crippen LogP contribution in [0, 0.1) is 0 Å². The van der Waals surface area contributed by atoms with Crippen LogP contribution in [-0.2, 0) is 18.3 Å². The third kappa shape index (κ3) is 4.63. The molecule has 10 heteroatoms. The molecule has 2 heterocycles. The molecule has 0 atom stereocenters. The fourth-order valence-electron chi connectivity index (χ4n) is 3.46. The van der Waals surface area contributed by atoms with Crippen molar-refractivity contribution in [2.45, 2.75) is 6.42 Å². The number of carbonyl (C=O) groups excluding carboxylic acids is 1. The van der Waals surface area contributed by atoms with Crippen molar-refractivity contribution in [3.63, 3.8) is 0 Å². The van der Waals surface area contributed by atoms with Gasteiger partial charge >= 0.3 is 6.09 Å². The summed E-state index contributed by atoms with van der Waals surface area (Å²) >= 11 is 9.60. The highest BCUT2D eigenvalue weighted by Crippen LogP contribution is 2.37. The third-order valence-corrected chi connectivity index (χ3v) is 5.66. The molecule has 3 aromatic rings. The SMILES string of the molecule is Cn1ncc(Br)c1-c1cc(NC(=O)ON2CCc3ccc(Cl)cc32)ccc1OCCN. The number of benzene rings is 2. The molecule has 162 valence electrons. The fraction of sp³-hybridized carbons (Fsp3) is 0.238. The van der Waals surface area contributed by atoms with Gasteiger partial charge in [0.2, 0.25) is 0 Å². The monoisotopic (exact) mass is 505 g/mol. The molecule has 0 saturated heterocycles. The molecule has 4 rings (SSSR count). The number of halogens is 2. The van der Waals surface area contributed by atoms with Gasteiger partial charge in [0.25, 0.3) is 0 Å². The van der Waals surface area contributed by atoms with E-state index in [1.165, 1.54) is 0 Å². The lowest BCUT2D eigenvalue weighted by Gasteiger charge is -2.19. The molecule has 0 spiro atoms. The predicted molar refractivity (Wildman–Crippen MR) is 123 cm³/mol. The van der Waals surface area contributed by atoms with E-state index in [0.717, 1.165) is 33.4 Å². The van der Waals surface area contributed by atoms with Gasteiger partial charge in [0, 0.05) is 29.9 Å². The van der Waals surface area contributed by atoms with Gasteiger partial charge in [-0.3, -0.25) is 10.00 Å². The smallest absolute Gasteiger partial charge is 0.436 e. The Labute approximate surface area is 192 Å². The molecule has 1 aliphatic heterocycles. The van der Waals surface area contributed by atoms with Gasteiger partial charge in [0.1, 0.15) is 12.4 Å². The summed E-state index contributed by atoms with van der Waals surface area (Å²) in [6, 6.07) is 10.9. The Kier molecular flexibility index (Phi) is 6.35. The van der Waals surface area contributed by atoms with E-state index in [1.807, 2.05) is 25.2 Å². The van der Waals surface area contributed by atoms with Gasteiger partial charge in [0.05, 0.1) is 28.6 Å². The number of anilines is 2. The summed E-state index contributed by atoms with van der Waals surface area (Å²) in [6.07, 6.45) is 1.89. The Morgan fingerprint density at radius 2 is 2.16 bits per heavy atom. The van der Waals surface area contributed by atoms with Crippen molar-refractivity contribution >= 4 is 45.0 Å². The van der Waals surface area contributed by atoms with Crippen LogP contribution >= 0.6 is 27.5 Å². The molecule has 0 fully saturated rings. The number of aromatic nitrogens is 2. The highest BCUT2D eigenvalue weighted by molar-refractivity contribution is 9.10. The molecular weight excluding hydrogens is 486 g/mol. The number of aryl methyl sites for hydroxylation is 1. The van der Waals surface area contributed by atoms with Crippen molar-refractivity contribution in [3.05, 3.63) is 57.7 Å². The number of amides is 1. The zero-order valence-corrected chi connectivity index (χ0v) is 19.1. The summed E-state index contributed by atoms with van der Waals surface area (Å²) in [5.41, 5.74) is 9.59. The van der Waals surface area contributed by atoms with Crippen LogP contribution in [0.4, 0.5) is 16.2 Å². The van der Waals surface area contributed by atoms with Crippen molar-refractivity contribution in [2.24, 2.45) is 12.8 Å². The van der Waals surface area contributed by atoms with E-state index >= 15 is 0 Å². The molecule has 0 unspecified atom stereocenters. The molecule has 8 nitrogen and oxygen atoms in total. The van der Waals surface area contributed by atoms with E-state index < -0.39 is 6.09 Å². The average Bonchev–Trinajstić information content (AvgIpc) is 3.29. The van der Waals surface area contributed by atoms with Crippen LogP contribution in [-0.4, -0.2) is 35.6 Å². The lowest BCUT2D eigenvalue weighted by Crippen LogP contribution is -2.28. The highest BCUT2D eigenvalue weighted by Gasteiger charge is 2.23. The summed E-state index contributed by atoms with van der Waals surface area (Å²) in [6.45, 7) is 1.33. The minimum absolute atomic E-state index is 0.369. The van der Waals surface area contributed by atoms with Crippen LogP contribution in [0.25, 0.3) is 11.3 Å². The Balaban J connectivity index is 1.54. The van der Waals surface area contributed by atoms with E-state index in [4.69, 9.17) is 26.9 Å². The first-order valence-electron chi connectivity index (χ1n) is 9.66. The van der Waals surface area contributed by atoms with Gasteiger partial charge in [-0.25, -0.2) is 9.86 Å². The van der Waals surface area contributed by atoms with Crippen LogP contribution in [0.2, 0.25) is 5.02 Å². The van der Waals surface area contributed by atoms with Crippen molar-refractivity contribution in [3.8, 4) is 17.0 Å². The highest BCUT2D eigenvalue weighted by atomic mass is 79.9. The van der Waals surface area contributed by atoms with Crippen LogP contribution < -0.4 is 20.9 Å². The number of nitrogens with two attached hydrogens (primary N) is 1. The molecule has 0 aliphatic carbocycles. The van der Waals surface area contributed by atoms with E-state index in [2.05, 4.69) is 26.3 Å². The Morgan fingerprint density at radius 1 is 1.32 bits per heavy atom. The molecule has 2 aromatic carbocycles. The molecular formula is C21H21BrClN5O3. The van der Waals surface area contributed by atoms with Gasteiger partial charge in [0.15, 0.2) is 0 Å². The zero-order valence-electron chi connectivity index (χ0n) is 16.8. The number of hydroxylamine groups is 1. The number of fused-ring (bicyclic) bond motifs is 1. The number of carbonyl (C=O) groups is 1. The maximum atomic E-state index is 12.6. The molecule has 1 aromatic heterocycles. The van der Waals surface area contributed by atoms with E-state index in [1.54, 1.807) is 34.1 Å². The Morgan fingerprint density at radius 3 is 2.90 bits per heavy atom. The maximum Gasteiger partial charge on any atom is 0.436 e. The Bertz CT molecular complexity index is 1100. The lowest BCUT2D eigenvalue weighted by molar-refractivity contribution is 0.150. The third-order valence-electron chi connectivity index (χ3n) is 4.84. The van der Waals surface area contributed by atoms with Crippen molar-refractivity contribution < 1.29 is 14.4 Å². The van der Waals surface area contributed by atoms with E-state index in [-0.39, 0.29) is 0 Å². The standard InChI is InChI=1S/C21H21BrClN5O3/c1-27-20(17(22)12-25-27)16-11-15(4-5-19(16)30-9-7-24)26-21(29)31-28-8-6-13-2-3-14(23)10-18(13)28/h2-5,10-12H,6-9,24H2,1H3,(H,26,29). The first-order valence-corrected chi connectivity index (χ1v) is 10.8. The fourth-order valence-corrected chi connectivity index (χ4v) is 4.19. The summed E-state index contributed by atoms with van der Waals surface area (Å²) in [4.78, 5) is 18.1. The minimum atomic E-state index is -0.599. The van der Waals surface area contributed by atoms with Gasteiger partial charge in [-0.15, -0.1) is 0 Å². The maximum absolute atomic E-state index is 12.6. The lowest BCUT2D eigenvalue weighted by atomic mass is 10.1. The summed E-state index contributed by atoms with van der Waals surface area (Å²) < 4.78 is 8.31. The molecule has 1 aliphatic rings. The molecule has 0 saturated carbocycles. The normalized spacial score (nSPS) is 12.6. The van der Waals surface area contributed by atoms with Gasteiger partial charge in [-0.1, -0.05) is 17.7 Å². The first kappa shape index (κ1) is 21.5. The molecule has 3 N–H and O–H groups in total. The number of hydrogen-bond donors (Lipinski definition) is 2. The van der Waals surface area contributed by atoms with E-state index in [9.17, 15) is 4.79 Å². The first-order chi connectivity index (χ1) is 15.0. The van der Waals surface area contributed by atoms with E-state index in [0.29, 0.717) is 36.2 Å². The van der Waals surface area contributed by atoms with Crippen LogP contribution in [0.3, 0.4) is 0 Å². The van der Waals surface area contributed by atoms with Crippen molar-refractivity contribution in [1.29, 1.82) is 0 Å². The minimum Gasteiger partial charge on any atom is -0.492 e. The second-order valence-corrected chi connectivity index (χ2v) is 8.23. The van der Waals surface area contributed by atoms with Gasteiger partial charge < -0.3 is 15.3 Å². The van der Waals surface area contributed by atoms with Crippen LogP contribution in [0.5, 0.6) is 5.75 Å². The number of ether oxygens (including phenoxy) is 1. The van der Waals surface area contributed by atoms with Crippen LogP contribution in [0.1, 0.15) is 5.56 Å². The Hall–Kier alpha value is -2.75. The zero-order chi connectivity index (χ0) is 22.0. The summed E-state index contributed by atoms with van der Waals surface area (Å²) in [5.74, 6) is 0.636. The van der Waals surface area contributed by atoms with Gasteiger partial charge in [-0.05, 0) is 58.2 Å². The molecule has 0 bridgehead atoms. The molecule has 0 radical (unpaired) electrons. The van der Waals surface area contributed by atoms with Crippen LogP contribution in [0.15, 0.2) is 47.1 Å². The number of rotatable bonds is 6.